The summed E-state index contributed by atoms with van der Waals surface area (Å²) < 4.78 is 31.9. The zero-order valence-electron chi connectivity index (χ0n) is 54.5. The van der Waals surface area contributed by atoms with Gasteiger partial charge in [-0.3, -0.25) is 24.6 Å². The van der Waals surface area contributed by atoms with Crippen molar-refractivity contribution >= 4 is 105 Å². The lowest BCUT2D eigenvalue weighted by atomic mass is 9.70. The molecule has 0 spiro atoms. The van der Waals surface area contributed by atoms with Crippen LogP contribution in [0.2, 0.25) is 0 Å². The van der Waals surface area contributed by atoms with E-state index in [-0.39, 0.29) is 63.5 Å². The summed E-state index contributed by atoms with van der Waals surface area (Å²) in [5, 5.41) is 54.0. The minimum absolute atomic E-state index is 0.0361. The first-order valence-corrected chi connectivity index (χ1v) is 37.9. The van der Waals surface area contributed by atoms with Gasteiger partial charge in [0.1, 0.15) is 54.2 Å². The third-order valence-corrected chi connectivity index (χ3v) is 24.4. The zero-order valence-corrected chi connectivity index (χ0v) is 58.7. The normalized spacial score (nSPS) is 15.4. The van der Waals surface area contributed by atoms with Gasteiger partial charge in [0, 0.05) is 36.5 Å². The van der Waals surface area contributed by atoms with Gasteiger partial charge in [-0.25, -0.2) is 14.4 Å². The van der Waals surface area contributed by atoms with E-state index in [4.69, 9.17) is 46.1 Å². The second-order valence-electron chi connectivity index (χ2n) is 26.0. The number of rotatable bonds is 30. The second kappa shape index (κ2) is 29.2. The summed E-state index contributed by atoms with van der Waals surface area (Å²) in [6, 6.07) is 38.4. The van der Waals surface area contributed by atoms with Crippen molar-refractivity contribution in [3.8, 4) is 87.3 Å². The fourth-order valence-corrected chi connectivity index (χ4v) is 19.7. The summed E-state index contributed by atoms with van der Waals surface area (Å²) in [7, 11) is 0. The third-order valence-electron chi connectivity index (χ3n) is 20.0. The van der Waals surface area contributed by atoms with Crippen LogP contribution in [0.1, 0.15) is 160 Å². The first kappa shape index (κ1) is 67.5. The maximum absolute atomic E-state index is 11.7. The minimum Gasteiger partial charge on any atom is -0.485 e. The Labute approximate surface area is 594 Å². The van der Waals surface area contributed by atoms with Gasteiger partial charge in [-0.2, -0.15) is 0 Å². The highest BCUT2D eigenvalue weighted by Crippen LogP contribution is 2.60. The van der Waals surface area contributed by atoms with Crippen LogP contribution in [-0.4, -0.2) is 92.1 Å². The second-order valence-corrected chi connectivity index (χ2v) is 30.1. The number of unbranched alkanes of at least 4 members (excludes halogenated alkanes) is 8. The fraction of sp³-hybridized carbons (Fsp3) is 0.333. The van der Waals surface area contributed by atoms with Gasteiger partial charge in [0.25, 0.3) is 0 Å². The Bertz CT molecular complexity index is 4750. The lowest BCUT2D eigenvalue weighted by Gasteiger charge is -2.33. The van der Waals surface area contributed by atoms with Crippen LogP contribution in [0.5, 0.6) is 23.0 Å². The van der Waals surface area contributed by atoms with E-state index in [1.165, 1.54) is 33.8 Å². The number of hydrogen-bond acceptors (Lipinski definition) is 17. The molecule has 7 heterocycles. The smallest absolute Gasteiger partial charge is 0.303 e. The molecule has 5 aliphatic rings. The van der Waals surface area contributed by atoms with Gasteiger partial charge in [0.05, 0.1) is 46.1 Å². The van der Waals surface area contributed by atoms with Gasteiger partial charge >= 0.3 is 23.9 Å². The quantitative estimate of drug-likeness (QED) is 0.0181. The highest BCUT2D eigenvalue weighted by Gasteiger charge is 2.46. The van der Waals surface area contributed by atoms with Crippen molar-refractivity contribution in [3.05, 3.63) is 163 Å². The van der Waals surface area contributed by atoms with Crippen LogP contribution >= 0.6 is 58.2 Å². The molecule has 0 unspecified atom stereocenters. The average molecular weight is 1420 g/mol. The van der Waals surface area contributed by atoms with Gasteiger partial charge in [0.15, 0.2) is 23.0 Å². The van der Waals surface area contributed by atoms with Crippen LogP contribution in [0.25, 0.3) is 75.4 Å². The molecular weight excluding hydrogens is 1350 g/mol. The molecule has 5 N–H and O–H groups in total. The van der Waals surface area contributed by atoms with Crippen molar-refractivity contribution in [3.63, 3.8) is 0 Å². The minimum atomic E-state index is -0.811. The number of nitrogens with one attached hydrogen (secondary N) is 1. The molecule has 0 amide bonds. The number of nitrogens with zero attached hydrogens (tertiary/aromatic N) is 3. The topological polar surface area (TPSA) is 248 Å². The number of hydrogen-bond donors (Lipinski definition) is 6. The number of benzene rings is 4. The number of thiol groups is 1. The average Bonchev–Trinajstić information content (AvgIpc) is 1.64. The number of carboxylic acids is 4. The number of ether oxygens (including phenoxy) is 4. The Hall–Kier alpha value is -8.73. The molecule has 2 aliphatic heterocycles. The van der Waals surface area contributed by atoms with Crippen LogP contribution < -0.4 is 29.6 Å². The van der Waals surface area contributed by atoms with E-state index in [1.807, 2.05) is 35.0 Å². The highest BCUT2D eigenvalue weighted by molar-refractivity contribution is 7.79. The molecule has 21 heteroatoms. The number of carbonyl (C=O) groups is 4. The van der Waals surface area contributed by atoms with E-state index >= 15 is 0 Å². The molecule has 9 aromatic rings. The van der Waals surface area contributed by atoms with Gasteiger partial charge in [0.2, 0.25) is 0 Å². The van der Waals surface area contributed by atoms with Crippen molar-refractivity contribution in [1.29, 1.82) is 5.41 Å². The van der Waals surface area contributed by atoms with Gasteiger partial charge in [-0.15, -0.1) is 45.3 Å². The molecule has 0 saturated carbocycles. The Kier molecular flexibility index (Phi) is 19.9. The summed E-state index contributed by atoms with van der Waals surface area (Å²) in [5.41, 5.74) is 12.7. The van der Waals surface area contributed by atoms with E-state index in [9.17, 15) is 45.0 Å². The lowest BCUT2D eigenvalue weighted by Crippen LogP contribution is -2.45. The van der Waals surface area contributed by atoms with Crippen molar-refractivity contribution in [1.82, 2.24) is 9.97 Å². The van der Waals surface area contributed by atoms with Crippen LogP contribution in [0.15, 0.2) is 124 Å². The number of aliphatic carboxylic acids is 4. The molecule has 16 nitrogen and oxygen atoms in total. The predicted molar refractivity (Wildman–Crippen MR) is 394 cm³/mol. The summed E-state index contributed by atoms with van der Waals surface area (Å²) in [4.78, 5) is 62.8. The maximum Gasteiger partial charge on any atom is 0.303 e. The zero-order chi connectivity index (χ0) is 68.4. The van der Waals surface area contributed by atoms with Crippen LogP contribution in [0, 0.1) is 5.41 Å². The lowest BCUT2D eigenvalue weighted by molar-refractivity contribution is -0.138. The molecule has 5 aromatic heterocycles. The first-order chi connectivity index (χ1) is 48.3. The van der Waals surface area contributed by atoms with E-state index in [2.05, 4.69) is 84.9 Å². The fourth-order valence-electron chi connectivity index (χ4n) is 15.6. The molecular formula is C78H74N4O12S5. The third kappa shape index (κ3) is 12.9. The number of carboxylic acid groups (broad SMARTS) is 4. The standard InChI is InChI=1S/C78H74N4O12S5/c79-63-61(75-71-69(91-37-39-93-71)73(98-75)45-29-31-49-47-19-9-11-21-51(47)77(53(49)43-45,33-13-1-5-25-57(83)84)34-14-2-6-26-58(85)86)67-68(81-65(56-24-18-42-97-56)64(80-67)55-23-17-41-96-55)62(66(63)82-95)76-72-70(92-38-40-94-72)74(99-76)46-30-32-50-48-20-10-12-22-52(48)78(54(50)44-46,35-15-3-7-27-59(87)88)36-16-4-8-28-60(89)90/h9-12,17-24,29-32,41-44,79,95H,1-8,13-16,25-28,33-40H2,(H,83,84)(H,85,86)(H,87,88)(H,89,90)/b79-63?,82-66-. The Morgan fingerprint density at radius 3 is 1.18 bits per heavy atom. The predicted octanol–water partition coefficient (Wildman–Crippen LogP) is 17.3. The largest absolute Gasteiger partial charge is 0.485 e. The van der Waals surface area contributed by atoms with Crippen LogP contribution in [0.4, 0.5) is 0 Å². The Morgan fingerprint density at radius 2 is 0.808 bits per heavy atom. The van der Waals surface area contributed by atoms with Gasteiger partial charge in [-0.05, 0) is 155 Å². The molecule has 508 valence electrons. The summed E-state index contributed by atoms with van der Waals surface area (Å²) in [6.45, 7) is 1.08. The van der Waals surface area contributed by atoms with Crippen molar-refractivity contribution < 1.29 is 58.6 Å². The Balaban J connectivity index is 0.955. The van der Waals surface area contributed by atoms with Gasteiger partial charge < -0.3 is 39.4 Å². The molecule has 3 aliphatic carbocycles. The molecule has 0 saturated heterocycles. The molecule has 14 rings (SSSR count). The van der Waals surface area contributed by atoms with Crippen molar-refractivity contribution in [2.45, 2.75) is 139 Å². The summed E-state index contributed by atoms with van der Waals surface area (Å²) >= 11 is 10.8. The molecule has 0 bridgehead atoms. The van der Waals surface area contributed by atoms with E-state index in [0.717, 1.165) is 141 Å². The SMILES string of the molecule is N=C1C(c2sc(-c3ccc4c(c3)C(CCCCCC(=O)O)(CCCCCC(=O)O)c3ccccc3-4)c3c2OCCO3)=c2nc(-c3cccs3)c(-c3cccs3)nc2=C(c2sc(-c3ccc4c(c3)C(CCCCCC(=O)O)(CCCCCC(=O)O)c3ccccc3-4)c3c2OCCO3)/C1=N/S. The molecule has 99 heavy (non-hydrogen) atoms. The van der Waals surface area contributed by atoms with Crippen LogP contribution in [0.3, 0.4) is 0 Å². The molecule has 0 fully saturated rings. The monoisotopic (exact) mass is 1420 g/mol. The van der Waals surface area contributed by atoms with E-state index in [1.54, 1.807) is 22.7 Å². The molecule has 0 atom stereocenters. The van der Waals surface area contributed by atoms with Gasteiger partial charge in [-0.1, -0.05) is 136 Å². The number of fused-ring (bicyclic) bond motifs is 9. The van der Waals surface area contributed by atoms with Crippen LogP contribution in [-0.2, 0) is 30.0 Å². The molecule has 0 radical (unpaired) electrons. The highest BCUT2D eigenvalue weighted by atomic mass is 32.1. The maximum atomic E-state index is 11.7. The number of thiophene rings is 4. The summed E-state index contributed by atoms with van der Waals surface area (Å²) in [6.07, 6.45) is 11.9. The molecule has 4 aromatic carbocycles. The number of aromatic nitrogens is 2. The summed E-state index contributed by atoms with van der Waals surface area (Å²) in [5.74, 6) is -1.17. The van der Waals surface area contributed by atoms with Crippen molar-refractivity contribution in [2.75, 3.05) is 26.4 Å². The van der Waals surface area contributed by atoms with E-state index < -0.39 is 34.7 Å². The van der Waals surface area contributed by atoms with E-state index in [0.29, 0.717) is 91.7 Å². The first-order valence-electron chi connectivity index (χ1n) is 34.1. The van der Waals surface area contributed by atoms with Crippen molar-refractivity contribution in [2.24, 2.45) is 4.40 Å². The Morgan fingerprint density at radius 1 is 0.444 bits per heavy atom.